The first kappa shape index (κ1) is 14.5. The van der Waals surface area contributed by atoms with E-state index in [-0.39, 0.29) is 11.4 Å². The van der Waals surface area contributed by atoms with Gasteiger partial charge in [-0.3, -0.25) is 4.79 Å². The van der Waals surface area contributed by atoms with E-state index >= 15 is 0 Å². The van der Waals surface area contributed by atoms with E-state index in [0.29, 0.717) is 0 Å². The van der Waals surface area contributed by atoms with Crippen LogP contribution in [0, 0.1) is 6.92 Å². The van der Waals surface area contributed by atoms with E-state index in [0.717, 1.165) is 48.0 Å². The fourth-order valence-corrected chi connectivity index (χ4v) is 3.10. The molecule has 0 saturated carbocycles. The Morgan fingerprint density at radius 2 is 2.32 bits per heavy atom. The zero-order valence-electron chi connectivity index (χ0n) is 11.6. The van der Waals surface area contributed by atoms with E-state index in [1.54, 1.807) is 0 Å². The van der Waals surface area contributed by atoms with Crippen molar-refractivity contribution in [3.8, 4) is 0 Å². The van der Waals surface area contributed by atoms with Gasteiger partial charge in [-0.05, 0) is 60.3 Å². The molecule has 3 nitrogen and oxygen atoms in total. The second kappa shape index (κ2) is 6.06. The van der Waals surface area contributed by atoms with Crippen molar-refractivity contribution in [2.75, 3.05) is 11.9 Å². The molecule has 1 aromatic rings. The van der Waals surface area contributed by atoms with Gasteiger partial charge in [-0.25, -0.2) is 0 Å². The van der Waals surface area contributed by atoms with Crippen LogP contribution in [-0.4, -0.2) is 18.0 Å². The van der Waals surface area contributed by atoms with E-state index in [2.05, 4.69) is 33.5 Å². The fraction of sp³-hybridized carbons (Fsp3) is 0.533. The highest BCUT2D eigenvalue weighted by Gasteiger charge is 2.40. The predicted molar refractivity (Wildman–Crippen MR) is 82.4 cm³/mol. The van der Waals surface area contributed by atoms with Crippen LogP contribution < -0.4 is 10.6 Å². The van der Waals surface area contributed by atoms with Crippen molar-refractivity contribution in [3.05, 3.63) is 28.2 Å². The van der Waals surface area contributed by atoms with E-state index in [4.69, 9.17) is 0 Å². The molecule has 1 atom stereocenters. The van der Waals surface area contributed by atoms with Gasteiger partial charge >= 0.3 is 0 Å². The van der Waals surface area contributed by atoms with Crippen molar-refractivity contribution in [3.63, 3.8) is 0 Å². The van der Waals surface area contributed by atoms with Crippen LogP contribution in [0.3, 0.4) is 0 Å². The molecule has 19 heavy (non-hydrogen) atoms. The number of nitrogens with one attached hydrogen (secondary N) is 2. The van der Waals surface area contributed by atoms with Gasteiger partial charge in [-0.1, -0.05) is 25.5 Å². The lowest BCUT2D eigenvalue weighted by atomic mass is 9.90. The van der Waals surface area contributed by atoms with Crippen LogP contribution in [0.25, 0.3) is 0 Å². The Hall–Kier alpha value is -0.870. The monoisotopic (exact) mass is 324 g/mol. The van der Waals surface area contributed by atoms with Gasteiger partial charge in [0.05, 0.1) is 11.2 Å². The highest BCUT2D eigenvalue weighted by molar-refractivity contribution is 9.10. The Balaban J connectivity index is 2.17. The summed E-state index contributed by atoms with van der Waals surface area (Å²) in [4.78, 5) is 12.6. The standard InChI is InChI=1S/C15H21BrN2O/c1-3-8-15(9-5-10-17-15)14(19)18-12-7-4-6-11(2)13(12)16/h4,6-7,17H,3,5,8-10H2,1-2H3,(H,18,19). The molecule has 1 heterocycles. The number of hydrogen-bond donors (Lipinski definition) is 2. The lowest BCUT2D eigenvalue weighted by Crippen LogP contribution is -2.50. The van der Waals surface area contributed by atoms with Crippen molar-refractivity contribution >= 4 is 27.5 Å². The lowest BCUT2D eigenvalue weighted by Gasteiger charge is -2.28. The molecule has 1 saturated heterocycles. The number of hydrogen-bond acceptors (Lipinski definition) is 2. The number of halogens is 1. The van der Waals surface area contributed by atoms with Crippen LogP contribution >= 0.6 is 15.9 Å². The quantitative estimate of drug-likeness (QED) is 0.888. The third kappa shape index (κ3) is 3.00. The Bertz CT molecular complexity index is 467. The molecule has 2 rings (SSSR count). The minimum absolute atomic E-state index is 0.0955. The molecule has 0 spiro atoms. The van der Waals surface area contributed by atoms with Crippen LogP contribution in [-0.2, 0) is 4.79 Å². The van der Waals surface area contributed by atoms with E-state index in [1.807, 2.05) is 25.1 Å². The van der Waals surface area contributed by atoms with Crippen molar-refractivity contribution in [2.24, 2.45) is 0 Å². The first-order valence-corrected chi connectivity index (χ1v) is 7.70. The minimum Gasteiger partial charge on any atom is -0.323 e. The molecule has 0 bridgehead atoms. The number of amides is 1. The van der Waals surface area contributed by atoms with Crippen LogP contribution in [0.2, 0.25) is 0 Å². The SMILES string of the molecule is CCCC1(C(=O)Nc2cccc(C)c2Br)CCCN1. The molecule has 104 valence electrons. The van der Waals surface area contributed by atoms with Crippen LogP contribution in [0.15, 0.2) is 22.7 Å². The average Bonchev–Trinajstić information content (AvgIpc) is 2.85. The Labute approximate surface area is 123 Å². The van der Waals surface area contributed by atoms with Gasteiger partial charge in [0.15, 0.2) is 0 Å². The second-order valence-corrected chi connectivity index (χ2v) is 6.05. The molecule has 2 N–H and O–H groups in total. The normalized spacial score (nSPS) is 22.5. The van der Waals surface area contributed by atoms with Crippen LogP contribution in [0.5, 0.6) is 0 Å². The lowest BCUT2D eigenvalue weighted by molar-refractivity contribution is -0.122. The summed E-state index contributed by atoms with van der Waals surface area (Å²) >= 11 is 3.54. The van der Waals surface area contributed by atoms with Gasteiger partial charge in [0.1, 0.15) is 0 Å². The van der Waals surface area contributed by atoms with Gasteiger partial charge < -0.3 is 10.6 Å². The van der Waals surface area contributed by atoms with Crippen molar-refractivity contribution in [2.45, 2.75) is 45.1 Å². The Morgan fingerprint density at radius 3 is 2.95 bits per heavy atom. The Morgan fingerprint density at radius 1 is 1.53 bits per heavy atom. The zero-order chi connectivity index (χ0) is 13.9. The summed E-state index contributed by atoms with van der Waals surface area (Å²) in [5.41, 5.74) is 1.61. The molecular formula is C15H21BrN2O. The number of carbonyl (C=O) groups is 1. The molecule has 1 fully saturated rings. The fourth-order valence-electron chi connectivity index (χ4n) is 2.74. The number of carbonyl (C=O) groups excluding carboxylic acids is 1. The minimum atomic E-state index is -0.377. The molecule has 0 aromatic heterocycles. The zero-order valence-corrected chi connectivity index (χ0v) is 13.1. The van der Waals surface area contributed by atoms with Gasteiger partial charge in [0.2, 0.25) is 5.91 Å². The summed E-state index contributed by atoms with van der Waals surface area (Å²) in [7, 11) is 0. The first-order valence-electron chi connectivity index (χ1n) is 6.90. The summed E-state index contributed by atoms with van der Waals surface area (Å²) in [6.07, 6.45) is 3.90. The maximum atomic E-state index is 12.6. The van der Waals surface area contributed by atoms with Crippen LogP contribution in [0.1, 0.15) is 38.2 Å². The second-order valence-electron chi connectivity index (χ2n) is 5.25. The topological polar surface area (TPSA) is 41.1 Å². The van der Waals surface area contributed by atoms with Gasteiger partial charge in [-0.15, -0.1) is 0 Å². The summed E-state index contributed by atoms with van der Waals surface area (Å²) in [6.45, 7) is 5.08. The molecule has 0 radical (unpaired) electrons. The smallest absolute Gasteiger partial charge is 0.244 e. The molecule has 1 aliphatic rings. The first-order chi connectivity index (χ1) is 9.09. The van der Waals surface area contributed by atoms with E-state index < -0.39 is 0 Å². The molecule has 1 unspecified atom stereocenters. The van der Waals surface area contributed by atoms with Crippen molar-refractivity contribution < 1.29 is 4.79 Å². The number of rotatable bonds is 4. The van der Waals surface area contributed by atoms with Crippen molar-refractivity contribution in [1.29, 1.82) is 0 Å². The van der Waals surface area contributed by atoms with E-state index in [1.165, 1.54) is 0 Å². The number of aryl methyl sites for hydroxylation is 1. The maximum Gasteiger partial charge on any atom is 0.244 e. The molecular weight excluding hydrogens is 304 g/mol. The van der Waals surface area contributed by atoms with E-state index in [9.17, 15) is 4.79 Å². The summed E-state index contributed by atoms with van der Waals surface area (Å²) < 4.78 is 0.966. The van der Waals surface area contributed by atoms with Gasteiger partial charge in [-0.2, -0.15) is 0 Å². The molecule has 4 heteroatoms. The number of benzene rings is 1. The predicted octanol–water partition coefficient (Wildman–Crippen LogP) is 3.62. The Kier molecular flexibility index (Phi) is 4.63. The summed E-state index contributed by atoms with van der Waals surface area (Å²) in [6, 6.07) is 5.92. The molecule has 1 aromatic carbocycles. The third-order valence-corrected chi connectivity index (χ3v) is 4.85. The largest absolute Gasteiger partial charge is 0.323 e. The van der Waals surface area contributed by atoms with Crippen LogP contribution in [0.4, 0.5) is 5.69 Å². The summed E-state index contributed by atoms with van der Waals surface area (Å²) in [5, 5.41) is 6.47. The highest BCUT2D eigenvalue weighted by atomic mass is 79.9. The third-order valence-electron chi connectivity index (χ3n) is 3.80. The molecule has 1 aliphatic heterocycles. The summed E-state index contributed by atoms with van der Waals surface area (Å²) in [5.74, 6) is 0.0955. The van der Waals surface area contributed by atoms with Gasteiger partial charge in [0.25, 0.3) is 0 Å². The average molecular weight is 325 g/mol. The van der Waals surface area contributed by atoms with Crippen molar-refractivity contribution in [1.82, 2.24) is 5.32 Å². The van der Waals surface area contributed by atoms with Gasteiger partial charge in [0, 0.05) is 4.47 Å². The number of anilines is 1. The molecule has 1 amide bonds. The highest BCUT2D eigenvalue weighted by Crippen LogP contribution is 2.30. The molecule has 0 aliphatic carbocycles. The maximum absolute atomic E-state index is 12.6.